The molecular weight excluding hydrogens is 208 g/mol. The van der Waals surface area contributed by atoms with E-state index < -0.39 is 0 Å². The van der Waals surface area contributed by atoms with Gasteiger partial charge in [-0.3, -0.25) is 0 Å². The minimum atomic E-state index is 0.542. The SMILES string of the molecule is Nc1ccc(NCCc2nccs2)cn1. The topological polar surface area (TPSA) is 63.8 Å². The first-order chi connectivity index (χ1) is 7.34. The first-order valence-electron chi connectivity index (χ1n) is 4.68. The number of nitrogen functional groups attached to an aromatic ring is 1. The molecule has 0 fully saturated rings. The molecule has 0 unspecified atom stereocenters. The number of anilines is 2. The number of thiazole rings is 1. The fourth-order valence-corrected chi connectivity index (χ4v) is 1.82. The van der Waals surface area contributed by atoms with Crippen molar-refractivity contribution < 1.29 is 0 Å². The molecule has 0 saturated heterocycles. The molecule has 0 bridgehead atoms. The van der Waals surface area contributed by atoms with Gasteiger partial charge in [-0.2, -0.15) is 0 Å². The van der Waals surface area contributed by atoms with Gasteiger partial charge in [0.25, 0.3) is 0 Å². The summed E-state index contributed by atoms with van der Waals surface area (Å²) in [6.07, 6.45) is 4.49. The average molecular weight is 220 g/mol. The van der Waals surface area contributed by atoms with Crippen LogP contribution >= 0.6 is 11.3 Å². The Morgan fingerprint density at radius 3 is 2.93 bits per heavy atom. The molecule has 0 radical (unpaired) electrons. The smallest absolute Gasteiger partial charge is 0.123 e. The van der Waals surface area contributed by atoms with E-state index in [1.54, 1.807) is 23.6 Å². The van der Waals surface area contributed by atoms with E-state index >= 15 is 0 Å². The van der Waals surface area contributed by atoms with Crippen LogP contribution in [-0.2, 0) is 6.42 Å². The molecule has 0 spiro atoms. The summed E-state index contributed by atoms with van der Waals surface area (Å²) >= 11 is 1.67. The van der Waals surface area contributed by atoms with Gasteiger partial charge >= 0.3 is 0 Å². The molecule has 5 heteroatoms. The second-order valence-electron chi connectivity index (χ2n) is 3.07. The summed E-state index contributed by atoms with van der Waals surface area (Å²) in [6, 6.07) is 3.70. The molecule has 0 aliphatic heterocycles. The highest BCUT2D eigenvalue weighted by molar-refractivity contribution is 7.09. The standard InChI is InChI=1S/C10H12N4S/c11-9-2-1-8(7-14-9)12-4-3-10-13-5-6-15-10/h1-2,5-7,12H,3-4H2,(H2,11,14). The lowest BCUT2D eigenvalue weighted by molar-refractivity contribution is 0.996. The Morgan fingerprint density at radius 2 is 2.27 bits per heavy atom. The Morgan fingerprint density at radius 1 is 1.33 bits per heavy atom. The van der Waals surface area contributed by atoms with Crippen molar-refractivity contribution in [1.82, 2.24) is 9.97 Å². The number of hydrogen-bond acceptors (Lipinski definition) is 5. The van der Waals surface area contributed by atoms with Crippen LogP contribution in [-0.4, -0.2) is 16.5 Å². The number of nitrogens with one attached hydrogen (secondary N) is 1. The Kier molecular flexibility index (Phi) is 3.14. The summed E-state index contributed by atoms with van der Waals surface area (Å²) in [5.41, 5.74) is 6.47. The zero-order valence-corrected chi connectivity index (χ0v) is 9.00. The Balaban J connectivity index is 1.81. The minimum absolute atomic E-state index is 0.542. The summed E-state index contributed by atoms with van der Waals surface area (Å²) in [6.45, 7) is 0.860. The summed E-state index contributed by atoms with van der Waals surface area (Å²) in [4.78, 5) is 8.20. The normalized spacial score (nSPS) is 10.1. The predicted molar refractivity (Wildman–Crippen MR) is 63.0 cm³/mol. The molecule has 3 N–H and O–H groups in total. The predicted octanol–water partition coefficient (Wildman–Crippen LogP) is 1.77. The maximum Gasteiger partial charge on any atom is 0.123 e. The first kappa shape index (κ1) is 9.92. The van der Waals surface area contributed by atoms with Crippen molar-refractivity contribution in [3.05, 3.63) is 34.9 Å². The molecule has 2 aromatic rings. The summed E-state index contributed by atoms with van der Waals surface area (Å²) in [7, 11) is 0. The van der Waals surface area contributed by atoms with Crippen LogP contribution in [0.3, 0.4) is 0 Å². The third kappa shape index (κ3) is 2.92. The van der Waals surface area contributed by atoms with Crippen molar-refractivity contribution >= 4 is 22.8 Å². The Bertz CT molecular complexity index is 396. The number of nitrogens with two attached hydrogens (primary N) is 1. The first-order valence-corrected chi connectivity index (χ1v) is 5.56. The number of nitrogens with zero attached hydrogens (tertiary/aromatic N) is 2. The van der Waals surface area contributed by atoms with Gasteiger partial charge in [-0.15, -0.1) is 11.3 Å². The Labute approximate surface area is 92.2 Å². The lowest BCUT2D eigenvalue weighted by Gasteiger charge is -2.04. The largest absolute Gasteiger partial charge is 0.384 e. The second kappa shape index (κ2) is 4.75. The third-order valence-electron chi connectivity index (χ3n) is 1.94. The molecule has 78 valence electrons. The fourth-order valence-electron chi connectivity index (χ4n) is 1.20. The van der Waals surface area contributed by atoms with Crippen molar-refractivity contribution in [3.8, 4) is 0 Å². The van der Waals surface area contributed by atoms with E-state index in [0.29, 0.717) is 5.82 Å². The lowest BCUT2D eigenvalue weighted by atomic mass is 10.3. The van der Waals surface area contributed by atoms with E-state index in [0.717, 1.165) is 23.7 Å². The van der Waals surface area contributed by atoms with Gasteiger partial charge in [-0.05, 0) is 12.1 Å². The molecule has 2 rings (SSSR count). The summed E-state index contributed by atoms with van der Waals surface area (Å²) in [5, 5.41) is 6.39. The maximum absolute atomic E-state index is 5.49. The molecule has 4 nitrogen and oxygen atoms in total. The van der Waals surface area contributed by atoms with Gasteiger partial charge in [0.2, 0.25) is 0 Å². The zero-order chi connectivity index (χ0) is 10.5. The van der Waals surface area contributed by atoms with Crippen molar-refractivity contribution in [2.75, 3.05) is 17.6 Å². The van der Waals surface area contributed by atoms with E-state index in [-0.39, 0.29) is 0 Å². The van der Waals surface area contributed by atoms with Gasteiger partial charge in [-0.25, -0.2) is 9.97 Å². The second-order valence-corrected chi connectivity index (χ2v) is 4.05. The quantitative estimate of drug-likeness (QED) is 0.824. The molecule has 0 aliphatic carbocycles. The Hall–Kier alpha value is -1.62. The molecule has 0 aliphatic rings. The molecule has 2 heterocycles. The van der Waals surface area contributed by atoms with Crippen LogP contribution in [0.25, 0.3) is 0 Å². The van der Waals surface area contributed by atoms with Crippen molar-refractivity contribution in [2.45, 2.75) is 6.42 Å². The number of rotatable bonds is 4. The number of hydrogen-bond donors (Lipinski definition) is 2. The minimum Gasteiger partial charge on any atom is -0.384 e. The van der Waals surface area contributed by atoms with Crippen LogP contribution in [0.2, 0.25) is 0 Å². The van der Waals surface area contributed by atoms with Crippen LogP contribution in [0, 0.1) is 0 Å². The third-order valence-corrected chi connectivity index (χ3v) is 2.78. The van der Waals surface area contributed by atoms with Gasteiger partial charge in [0, 0.05) is 24.5 Å². The van der Waals surface area contributed by atoms with Crippen LogP contribution in [0.5, 0.6) is 0 Å². The summed E-state index contributed by atoms with van der Waals surface area (Å²) < 4.78 is 0. The van der Waals surface area contributed by atoms with Crippen molar-refractivity contribution in [1.29, 1.82) is 0 Å². The van der Waals surface area contributed by atoms with Crippen molar-refractivity contribution in [3.63, 3.8) is 0 Å². The molecular formula is C10H12N4S. The average Bonchev–Trinajstić information content (AvgIpc) is 2.74. The molecule has 0 atom stereocenters. The molecule has 15 heavy (non-hydrogen) atoms. The lowest BCUT2D eigenvalue weighted by Crippen LogP contribution is -2.05. The van der Waals surface area contributed by atoms with E-state index in [2.05, 4.69) is 15.3 Å². The highest BCUT2D eigenvalue weighted by Crippen LogP contribution is 2.08. The van der Waals surface area contributed by atoms with Crippen LogP contribution in [0.1, 0.15) is 5.01 Å². The van der Waals surface area contributed by atoms with E-state index in [4.69, 9.17) is 5.73 Å². The molecule has 2 aromatic heterocycles. The highest BCUT2D eigenvalue weighted by Gasteiger charge is 1.96. The van der Waals surface area contributed by atoms with E-state index in [1.165, 1.54) is 0 Å². The maximum atomic E-state index is 5.49. The molecule has 0 saturated carbocycles. The monoisotopic (exact) mass is 220 g/mol. The fraction of sp³-hybridized carbons (Fsp3) is 0.200. The molecule has 0 amide bonds. The van der Waals surface area contributed by atoms with Crippen LogP contribution < -0.4 is 11.1 Å². The highest BCUT2D eigenvalue weighted by atomic mass is 32.1. The summed E-state index contributed by atoms with van der Waals surface area (Å²) in [5.74, 6) is 0.542. The number of pyridine rings is 1. The van der Waals surface area contributed by atoms with Gasteiger partial charge < -0.3 is 11.1 Å². The van der Waals surface area contributed by atoms with Crippen LogP contribution in [0.4, 0.5) is 11.5 Å². The van der Waals surface area contributed by atoms with Gasteiger partial charge in [0.15, 0.2) is 0 Å². The molecule has 0 aromatic carbocycles. The number of aromatic nitrogens is 2. The van der Waals surface area contributed by atoms with Crippen LogP contribution in [0.15, 0.2) is 29.9 Å². The van der Waals surface area contributed by atoms with Gasteiger partial charge in [0.1, 0.15) is 5.82 Å². The van der Waals surface area contributed by atoms with E-state index in [9.17, 15) is 0 Å². The van der Waals surface area contributed by atoms with Gasteiger partial charge in [0.05, 0.1) is 16.9 Å². The van der Waals surface area contributed by atoms with Gasteiger partial charge in [-0.1, -0.05) is 0 Å². The zero-order valence-electron chi connectivity index (χ0n) is 8.18. The van der Waals surface area contributed by atoms with E-state index in [1.807, 2.05) is 17.6 Å². The van der Waals surface area contributed by atoms with Crippen molar-refractivity contribution in [2.24, 2.45) is 0 Å².